The summed E-state index contributed by atoms with van der Waals surface area (Å²) in [6.07, 6.45) is 5.73. The predicted molar refractivity (Wildman–Crippen MR) is 66.0 cm³/mol. The molecule has 1 aliphatic rings. The summed E-state index contributed by atoms with van der Waals surface area (Å²) in [7, 11) is -2.83. The second-order valence-corrected chi connectivity index (χ2v) is 6.72. The Kier molecular flexibility index (Phi) is 2.66. The van der Waals surface area contributed by atoms with Gasteiger partial charge in [0.05, 0.1) is 11.5 Å². The molecule has 1 fully saturated rings. The van der Waals surface area contributed by atoms with E-state index in [1.54, 1.807) is 23.1 Å². The van der Waals surface area contributed by atoms with Crippen LogP contribution in [0.5, 0.6) is 0 Å². The van der Waals surface area contributed by atoms with Gasteiger partial charge in [-0.25, -0.2) is 13.4 Å². The molecule has 0 saturated carbocycles. The fourth-order valence-electron chi connectivity index (χ4n) is 2.16. The number of sulfone groups is 1. The van der Waals surface area contributed by atoms with Crippen LogP contribution in [-0.4, -0.2) is 46.1 Å². The van der Waals surface area contributed by atoms with Crippen LogP contribution in [-0.2, 0) is 9.84 Å². The molecule has 3 rings (SSSR count). The van der Waals surface area contributed by atoms with Crippen LogP contribution < -0.4 is 5.32 Å². The van der Waals surface area contributed by atoms with E-state index in [2.05, 4.69) is 20.5 Å². The molecule has 1 atom stereocenters. The summed E-state index contributed by atoms with van der Waals surface area (Å²) in [5, 5.41) is 10.9. The molecule has 1 aliphatic heterocycles. The first kappa shape index (κ1) is 11.4. The van der Waals surface area contributed by atoms with Gasteiger partial charge in [-0.15, -0.1) is 10.2 Å². The van der Waals surface area contributed by atoms with Crippen LogP contribution in [0.15, 0.2) is 18.7 Å². The molecular weight excluding hydrogens is 254 g/mol. The van der Waals surface area contributed by atoms with Crippen molar-refractivity contribution in [1.82, 2.24) is 19.6 Å². The third-order valence-corrected chi connectivity index (χ3v) is 4.94. The van der Waals surface area contributed by atoms with Crippen molar-refractivity contribution >= 4 is 21.3 Å². The van der Waals surface area contributed by atoms with Crippen molar-refractivity contribution in [3.05, 3.63) is 18.7 Å². The molecule has 7 nitrogen and oxygen atoms in total. The van der Waals surface area contributed by atoms with Crippen molar-refractivity contribution < 1.29 is 8.42 Å². The van der Waals surface area contributed by atoms with Gasteiger partial charge in [0.1, 0.15) is 6.33 Å². The summed E-state index contributed by atoms with van der Waals surface area (Å²) in [6, 6.07) is 0. The molecule has 0 aromatic carbocycles. The molecule has 0 aliphatic carbocycles. The maximum atomic E-state index is 11.4. The smallest absolute Gasteiger partial charge is 0.203 e. The lowest BCUT2D eigenvalue weighted by Gasteiger charge is -2.10. The van der Waals surface area contributed by atoms with Crippen LogP contribution in [0.3, 0.4) is 0 Å². The van der Waals surface area contributed by atoms with Gasteiger partial charge in [-0.1, -0.05) is 0 Å². The Morgan fingerprint density at radius 3 is 3.17 bits per heavy atom. The molecule has 2 aromatic rings. The van der Waals surface area contributed by atoms with Gasteiger partial charge in [0.2, 0.25) is 5.65 Å². The van der Waals surface area contributed by atoms with Gasteiger partial charge < -0.3 is 5.32 Å². The van der Waals surface area contributed by atoms with E-state index < -0.39 is 9.84 Å². The van der Waals surface area contributed by atoms with Gasteiger partial charge in [0, 0.05) is 18.9 Å². The van der Waals surface area contributed by atoms with Gasteiger partial charge in [-0.3, -0.25) is 4.40 Å². The van der Waals surface area contributed by atoms with Crippen LogP contribution in [0.4, 0.5) is 5.82 Å². The number of hydrogen-bond donors (Lipinski definition) is 1. The van der Waals surface area contributed by atoms with Gasteiger partial charge in [-0.2, -0.15) is 0 Å². The highest BCUT2D eigenvalue weighted by atomic mass is 32.2. The van der Waals surface area contributed by atoms with E-state index in [0.29, 0.717) is 30.2 Å². The molecule has 96 valence electrons. The van der Waals surface area contributed by atoms with Crippen molar-refractivity contribution in [3.63, 3.8) is 0 Å². The first-order valence-corrected chi connectivity index (χ1v) is 7.55. The summed E-state index contributed by atoms with van der Waals surface area (Å²) in [5.41, 5.74) is 0.651. The van der Waals surface area contributed by atoms with E-state index in [1.807, 2.05) is 0 Å². The van der Waals surface area contributed by atoms with Crippen molar-refractivity contribution in [2.75, 3.05) is 23.4 Å². The fourth-order valence-corrected chi connectivity index (χ4v) is 4.02. The second kappa shape index (κ2) is 4.20. The minimum Gasteiger partial charge on any atom is -0.367 e. The number of fused-ring (bicyclic) bond motifs is 1. The zero-order valence-electron chi connectivity index (χ0n) is 9.65. The molecule has 1 unspecified atom stereocenters. The van der Waals surface area contributed by atoms with Crippen LogP contribution in [0.1, 0.15) is 6.42 Å². The summed E-state index contributed by atoms with van der Waals surface area (Å²) >= 11 is 0. The zero-order chi connectivity index (χ0) is 12.6. The molecule has 0 amide bonds. The highest BCUT2D eigenvalue weighted by molar-refractivity contribution is 7.91. The molecule has 0 radical (unpaired) electrons. The van der Waals surface area contributed by atoms with Crippen LogP contribution in [0.25, 0.3) is 5.65 Å². The van der Waals surface area contributed by atoms with Crippen LogP contribution in [0, 0.1) is 5.92 Å². The lowest BCUT2D eigenvalue weighted by atomic mass is 10.1. The van der Waals surface area contributed by atoms with Gasteiger partial charge >= 0.3 is 0 Å². The first-order chi connectivity index (χ1) is 8.64. The van der Waals surface area contributed by atoms with E-state index in [0.717, 1.165) is 0 Å². The molecule has 0 bridgehead atoms. The maximum absolute atomic E-state index is 11.4. The first-order valence-electron chi connectivity index (χ1n) is 5.73. The van der Waals surface area contributed by atoms with Gasteiger partial charge in [-0.05, 0) is 12.3 Å². The van der Waals surface area contributed by atoms with Crippen molar-refractivity contribution in [2.24, 2.45) is 5.92 Å². The number of hydrogen-bond acceptors (Lipinski definition) is 6. The lowest BCUT2D eigenvalue weighted by molar-refractivity contribution is 0.595. The third kappa shape index (κ3) is 2.15. The summed E-state index contributed by atoms with van der Waals surface area (Å²) in [4.78, 5) is 4.19. The largest absolute Gasteiger partial charge is 0.367 e. The van der Waals surface area contributed by atoms with E-state index >= 15 is 0 Å². The second-order valence-electron chi connectivity index (χ2n) is 4.49. The number of nitrogens with zero attached hydrogens (tertiary/aromatic N) is 4. The van der Waals surface area contributed by atoms with E-state index in [4.69, 9.17) is 0 Å². The van der Waals surface area contributed by atoms with E-state index in [9.17, 15) is 8.42 Å². The minimum absolute atomic E-state index is 0.153. The third-order valence-electron chi connectivity index (χ3n) is 3.10. The Labute approximate surface area is 104 Å². The summed E-state index contributed by atoms with van der Waals surface area (Å²) in [6.45, 7) is 0.596. The van der Waals surface area contributed by atoms with Crippen LogP contribution in [0.2, 0.25) is 0 Å². The Hall–Kier alpha value is -1.70. The average molecular weight is 267 g/mol. The molecule has 2 aromatic heterocycles. The Morgan fingerprint density at radius 2 is 2.39 bits per heavy atom. The van der Waals surface area contributed by atoms with E-state index in [-0.39, 0.29) is 11.7 Å². The number of anilines is 1. The normalized spacial score (nSPS) is 22.3. The highest BCUT2D eigenvalue weighted by Crippen LogP contribution is 2.19. The standard InChI is InChI=1S/C10H13N5O2S/c16-18(17)4-1-8(6-18)5-12-9-10-14-13-7-15(10)3-2-11-9/h2-3,7-8H,1,4-6H2,(H,11,12). The quantitative estimate of drug-likeness (QED) is 0.840. The zero-order valence-corrected chi connectivity index (χ0v) is 10.5. The summed E-state index contributed by atoms with van der Waals surface area (Å²) in [5.74, 6) is 1.34. The average Bonchev–Trinajstić information content (AvgIpc) is 2.92. The molecule has 8 heteroatoms. The minimum atomic E-state index is -2.83. The molecule has 3 heterocycles. The number of nitrogens with one attached hydrogen (secondary N) is 1. The maximum Gasteiger partial charge on any atom is 0.203 e. The van der Waals surface area contributed by atoms with Crippen molar-refractivity contribution in [1.29, 1.82) is 0 Å². The molecule has 1 saturated heterocycles. The van der Waals surface area contributed by atoms with Gasteiger partial charge in [0.15, 0.2) is 15.7 Å². The molecule has 0 spiro atoms. The monoisotopic (exact) mass is 267 g/mol. The molecule has 18 heavy (non-hydrogen) atoms. The summed E-state index contributed by atoms with van der Waals surface area (Å²) < 4.78 is 24.5. The number of rotatable bonds is 3. The molecule has 1 N–H and O–H groups in total. The molecular formula is C10H13N5O2S. The van der Waals surface area contributed by atoms with Crippen LogP contribution >= 0.6 is 0 Å². The number of aromatic nitrogens is 4. The Balaban J connectivity index is 1.72. The fraction of sp³-hybridized carbons (Fsp3) is 0.500. The van der Waals surface area contributed by atoms with E-state index in [1.165, 1.54) is 0 Å². The Bertz CT molecular complexity index is 666. The topological polar surface area (TPSA) is 89.2 Å². The van der Waals surface area contributed by atoms with Crippen molar-refractivity contribution in [3.8, 4) is 0 Å². The lowest BCUT2D eigenvalue weighted by Crippen LogP contribution is -2.16. The van der Waals surface area contributed by atoms with Crippen molar-refractivity contribution in [2.45, 2.75) is 6.42 Å². The predicted octanol–water partition coefficient (Wildman–Crippen LogP) is -0.0291. The highest BCUT2D eigenvalue weighted by Gasteiger charge is 2.27. The Morgan fingerprint density at radius 1 is 1.50 bits per heavy atom. The SMILES string of the molecule is O=S1(=O)CCC(CNc2nccn3cnnc23)C1. The van der Waals surface area contributed by atoms with Gasteiger partial charge in [0.25, 0.3) is 0 Å².